The number of thiophene rings is 1. The molecule has 3 rings (SSSR count). The van der Waals surface area contributed by atoms with Crippen molar-refractivity contribution in [3.63, 3.8) is 0 Å². The minimum absolute atomic E-state index is 0.0268. The molecule has 0 aliphatic carbocycles. The number of fused-ring (bicyclic) bond motifs is 1. The Kier molecular flexibility index (Phi) is 3.63. The standard InChI is InChI=1S/C13H16N2O3S/c1-9-7-19-12-11(9)14-8-15(13(12)16)4-3-10-17-5-2-6-18-10/h7-8,10H,2-6H2,1H3. The summed E-state index contributed by atoms with van der Waals surface area (Å²) in [6, 6.07) is 0. The Morgan fingerprint density at radius 1 is 1.47 bits per heavy atom. The van der Waals surface area contributed by atoms with Gasteiger partial charge in [0.05, 0.1) is 25.1 Å². The van der Waals surface area contributed by atoms with E-state index in [1.54, 1.807) is 10.9 Å². The van der Waals surface area contributed by atoms with Gasteiger partial charge in [-0.15, -0.1) is 11.3 Å². The van der Waals surface area contributed by atoms with Crippen LogP contribution in [0.3, 0.4) is 0 Å². The molecule has 5 nitrogen and oxygen atoms in total. The van der Waals surface area contributed by atoms with Crippen molar-refractivity contribution in [3.8, 4) is 0 Å². The number of aromatic nitrogens is 2. The van der Waals surface area contributed by atoms with Crippen LogP contribution >= 0.6 is 11.3 Å². The van der Waals surface area contributed by atoms with Gasteiger partial charge in [0.1, 0.15) is 4.70 Å². The molecule has 1 saturated heterocycles. The molecule has 1 fully saturated rings. The van der Waals surface area contributed by atoms with Crippen LogP contribution in [0.25, 0.3) is 10.2 Å². The zero-order chi connectivity index (χ0) is 13.2. The molecule has 0 N–H and O–H groups in total. The van der Waals surface area contributed by atoms with Crippen LogP contribution in [0.2, 0.25) is 0 Å². The highest BCUT2D eigenvalue weighted by Crippen LogP contribution is 2.19. The minimum atomic E-state index is -0.193. The molecule has 0 atom stereocenters. The third-order valence-electron chi connectivity index (χ3n) is 3.23. The van der Waals surface area contributed by atoms with E-state index in [0.29, 0.717) is 13.0 Å². The highest BCUT2D eigenvalue weighted by molar-refractivity contribution is 7.17. The Labute approximate surface area is 114 Å². The zero-order valence-electron chi connectivity index (χ0n) is 10.8. The van der Waals surface area contributed by atoms with Crippen molar-refractivity contribution in [3.05, 3.63) is 27.6 Å². The molecule has 0 amide bonds. The van der Waals surface area contributed by atoms with E-state index in [1.807, 2.05) is 12.3 Å². The Morgan fingerprint density at radius 2 is 2.26 bits per heavy atom. The second-order valence-corrected chi connectivity index (χ2v) is 5.53. The first kappa shape index (κ1) is 12.8. The zero-order valence-corrected chi connectivity index (χ0v) is 11.6. The van der Waals surface area contributed by atoms with E-state index >= 15 is 0 Å². The first-order valence-corrected chi connectivity index (χ1v) is 7.30. The maximum absolute atomic E-state index is 12.3. The number of hydrogen-bond donors (Lipinski definition) is 0. The SMILES string of the molecule is Cc1csc2c(=O)n(CCC3OCCCO3)cnc12. The fraction of sp³-hybridized carbons (Fsp3) is 0.538. The lowest BCUT2D eigenvalue weighted by Gasteiger charge is -2.23. The van der Waals surface area contributed by atoms with Crippen molar-refractivity contribution in [2.45, 2.75) is 32.6 Å². The summed E-state index contributed by atoms with van der Waals surface area (Å²) in [5, 5.41) is 1.97. The molecule has 0 aromatic carbocycles. The van der Waals surface area contributed by atoms with Gasteiger partial charge < -0.3 is 9.47 Å². The minimum Gasteiger partial charge on any atom is -0.353 e. The van der Waals surface area contributed by atoms with Crippen molar-refractivity contribution in [2.24, 2.45) is 0 Å². The van der Waals surface area contributed by atoms with Crippen molar-refractivity contribution in [1.82, 2.24) is 9.55 Å². The normalized spacial score (nSPS) is 17.1. The van der Waals surface area contributed by atoms with Gasteiger partial charge in [-0.25, -0.2) is 4.98 Å². The molecular weight excluding hydrogens is 264 g/mol. The van der Waals surface area contributed by atoms with Gasteiger partial charge in [0.25, 0.3) is 5.56 Å². The van der Waals surface area contributed by atoms with Crippen LogP contribution in [0.5, 0.6) is 0 Å². The molecule has 19 heavy (non-hydrogen) atoms. The molecule has 0 radical (unpaired) electrons. The van der Waals surface area contributed by atoms with Crippen LogP contribution in [-0.4, -0.2) is 29.1 Å². The van der Waals surface area contributed by atoms with Gasteiger partial charge in [-0.3, -0.25) is 9.36 Å². The highest BCUT2D eigenvalue weighted by atomic mass is 32.1. The maximum Gasteiger partial charge on any atom is 0.271 e. The quantitative estimate of drug-likeness (QED) is 0.862. The predicted molar refractivity (Wildman–Crippen MR) is 73.5 cm³/mol. The highest BCUT2D eigenvalue weighted by Gasteiger charge is 2.15. The summed E-state index contributed by atoms with van der Waals surface area (Å²) in [5.74, 6) is 0. The molecule has 3 heterocycles. The number of aryl methyl sites for hydroxylation is 2. The average molecular weight is 280 g/mol. The fourth-order valence-electron chi connectivity index (χ4n) is 2.17. The van der Waals surface area contributed by atoms with E-state index in [1.165, 1.54) is 11.3 Å². The molecule has 1 aliphatic rings. The molecule has 6 heteroatoms. The second-order valence-electron chi connectivity index (χ2n) is 4.65. The maximum atomic E-state index is 12.3. The summed E-state index contributed by atoms with van der Waals surface area (Å²) in [6.45, 7) is 4.02. The third-order valence-corrected chi connectivity index (χ3v) is 4.30. The van der Waals surface area contributed by atoms with Crippen LogP contribution in [0.15, 0.2) is 16.5 Å². The van der Waals surface area contributed by atoms with Crippen LogP contribution in [0.4, 0.5) is 0 Å². The average Bonchev–Trinajstić information content (AvgIpc) is 2.82. The summed E-state index contributed by atoms with van der Waals surface area (Å²) in [5.41, 5.74) is 1.90. The Morgan fingerprint density at radius 3 is 3.05 bits per heavy atom. The first-order chi connectivity index (χ1) is 9.25. The summed E-state index contributed by atoms with van der Waals surface area (Å²) >= 11 is 1.46. The number of ether oxygens (including phenoxy) is 2. The van der Waals surface area contributed by atoms with Gasteiger partial charge in [-0.2, -0.15) is 0 Å². The van der Waals surface area contributed by atoms with E-state index in [-0.39, 0.29) is 11.8 Å². The van der Waals surface area contributed by atoms with Gasteiger partial charge in [0.15, 0.2) is 6.29 Å². The molecule has 102 valence electrons. The molecular formula is C13H16N2O3S. The van der Waals surface area contributed by atoms with Crippen molar-refractivity contribution >= 4 is 21.6 Å². The molecule has 2 aromatic heterocycles. The van der Waals surface area contributed by atoms with E-state index < -0.39 is 0 Å². The van der Waals surface area contributed by atoms with Gasteiger partial charge in [0.2, 0.25) is 0 Å². The predicted octanol–water partition coefficient (Wildman–Crippen LogP) is 1.92. The smallest absolute Gasteiger partial charge is 0.271 e. The Hall–Kier alpha value is -1.24. The molecule has 0 bridgehead atoms. The lowest BCUT2D eigenvalue weighted by Crippen LogP contribution is -2.28. The molecule has 2 aromatic rings. The van der Waals surface area contributed by atoms with Crippen molar-refractivity contribution < 1.29 is 9.47 Å². The monoisotopic (exact) mass is 280 g/mol. The Balaban J connectivity index is 1.77. The van der Waals surface area contributed by atoms with Crippen molar-refractivity contribution in [1.29, 1.82) is 0 Å². The summed E-state index contributed by atoms with van der Waals surface area (Å²) in [4.78, 5) is 16.6. The van der Waals surface area contributed by atoms with Crippen LogP contribution in [-0.2, 0) is 16.0 Å². The van der Waals surface area contributed by atoms with Gasteiger partial charge >= 0.3 is 0 Å². The summed E-state index contributed by atoms with van der Waals surface area (Å²) in [7, 11) is 0. The van der Waals surface area contributed by atoms with E-state index in [4.69, 9.17) is 9.47 Å². The topological polar surface area (TPSA) is 53.4 Å². The van der Waals surface area contributed by atoms with E-state index in [2.05, 4.69) is 4.98 Å². The second kappa shape index (κ2) is 5.40. The van der Waals surface area contributed by atoms with E-state index in [9.17, 15) is 4.79 Å². The largest absolute Gasteiger partial charge is 0.353 e. The summed E-state index contributed by atoms with van der Waals surface area (Å²) in [6.07, 6.45) is 3.05. The van der Waals surface area contributed by atoms with E-state index in [0.717, 1.165) is 35.4 Å². The molecule has 0 unspecified atom stereocenters. The lowest BCUT2D eigenvalue weighted by atomic mass is 10.3. The van der Waals surface area contributed by atoms with Crippen LogP contribution < -0.4 is 5.56 Å². The molecule has 0 spiro atoms. The van der Waals surface area contributed by atoms with Gasteiger partial charge in [-0.1, -0.05) is 0 Å². The summed E-state index contributed by atoms with van der Waals surface area (Å²) < 4.78 is 13.3. The van der Waals surface area contributed by atoms with Gasteiger partial charge in [-0.05, 0) is 24.3 Å². The number of hydrogen-bond acceptors (Lipinski definition) is 5. The Bertz CT molecular complexity index is 628. The lowest BCUT2D eigenvalue weighted by molar-refractivity contribution is -0.182. The third kappa shape index (κ3) is 2.56. The van der Waals surface area contributed by atoms with Crippen LogP contribution in [0, 0.1) is 6.92 Å². The number of rotatable bonds is 3. The molecule has 0 saturated carbocycles. The molecule has 1 aliphatic heterocycles. The van der Waals surface area contributed by atoms with Gasteiger partial charge in [0, 0.05) is 13.0 Å². The van der Waals surface area contributed by atoms with Crippen molar-refractivity contribution in [2.75, 3.05) is 13.2 Å². The first-order valence-electron chi connectivity index (χ1n) is 6.42. The fourth-order valence-corrected chi connectivity index (χ4v) is 3.12. The van der Waals surface area contributed by atoms with Crippen LogP contribution in [0.1, 0.15) is 18.4 Å². The number of nitrogens with zero attached hydrogens (tertiary/aromatic N) is 2.